The minimum absolute atomic E-state index is 0.0731. The fourth-order valence-electron chi connectivity index (χ4n) is 3.15. The molecule has 1 aromatic heterocycles. The highest BCUT2D eigenvalue weighted by molar-refractivity contribution is 8.01. The molecule has 4 rings (SSSR count). The van der Waals surface area contributed by atoms with Gasteiger partial charge in [-0.3, -0.25) is 19.7 Å². The largest absolute Gasteiger partial charge is 0.468 e. The first-order chi connectivity index (χ1) is 16.4. The summed E-state index contributed by atoms with van der Waals surface area (Å²) >= 11 is 9.89. The quantitative estimate of drug-likeness (QED) is 0.256. The van der Waals surface area contributed by atoms with Crippen molar-refractivity contribution >= 4 is 69.4 Å². The number of hydrogen-bond donors (Lipinski definition) is 1. The van der Waals surface area contributed by atoms with Crippen LogP contribution < -0.4 is 5.32 Å². The number of hydrogen-bond acceptors (Lipinski definition) is 9. The van der Waals surface area contributed by atoms with Crippen LogP contribution >= 0.6 is 46.5 Å². The Hall–Kier alpha value is -2.60. The first-order valence-corrected chi connectivity index (χ1v) is 13.3. The zero-order chi connectivity index (χ0) is 24.1. The molecule has 176 valence electrons. The Morgan fingerprint density at radius 3 is 2.62 bits per heavy atom. The maximum Gasteiger partial charge on any atom is 0.316 e. The third kappa shape index (κ3) is 6.09. The number of rotatable bonds is 8. The van der Waals surface area contributed by atoms with E-state index in [2.05, 4.69) is 20.3 Å². The van der Waals surface area contributed by atoms with Crippen LogP contribution in [0, 0.1) is 0 Å². The monoisotopic (exact) mass is 534 g/mol. The Morgan fingerprint density at radius 2 is 1.91 bits per heavy atom. The molecular weight excluding hydrogens is 516 g/mol. The summed E-state index contributed by atoms with van der Waals surface area (Å²) in [6, 6.07) is 14.6. The van der Waals surface area contributed by atoms with Crippen LogP contribution in [0.15, 0.2) is 52.9 Å². The Kier molecular flexibility index (Phi) is 8.09. The maximum atomic E-state index is 12.6. The van der Waals surface area contributed by atoms with Crippen molar-refractivity contribution in [2.45, 2.75) is 16.3 Å². The second-order valence-corrected chi connectivity index (χ2v) is 10.8. The standard InChI is InChI=1S/C22H19ClN4O4S3/c1-31-18(29)12-33-22-26-25-21(34-22)24-19(30)14-4-6-15(7-5-14)20-27(17(28)11-32-20)10-13-2-8-16(23)9-3-13/h2-9,20H,10-12H2,1H3,(H,24,25,30)/t20-/m1/s1. The number of thioether (sulfide) groups is 2. The van der Waals surface area contributed by atoms with Crippen LogP contribution in [0.25, 0.3) is 0 Å². The number of methoxy groups -OCH3 is 1. The zero-order valence-electron chi connectivity index (χ0n) is 17.9. The van der Waals surface area contributed by atoms with Gasteiger partial charge in [0.25, 0.3) is 5.91 Å². The molecule has 1 atom stereocenters. The van der Waals surface area contributed by atoms with Gasteiger partial charge in [-0.15, -0.1) is 22.0 Å². The molecule has 0 radical (unpaired) electrons. The van der Waals surface area contributed by atoms with Gasteiger partial charge in [0.05, 0.1) is 18.6 Å². The van der Waals surface area contributed by atoms with Crippen molar-refractivity contribution in [2.75, 3.05) is 23.9 Å². The number of carbonyl (C=O) groups is 3. The predicted molar refractivity (Wildman–Crippen MR) is 134 cm³/mol. The molecule has 0 saturated carbocycles. The van der Waals surface area contributed by atoms with Gasteiger partial charge in [0.15, 0.2) is 4.34 Å². The van der Waals surface area contributed by atoms with E-state index in [4.69, 9.17) is 11.6 Å². The lowest BCUT2D eigenvalue weighted by molar-refractivity contribution is -0.137. The van der Waals surface area contributed by atoms with Gasteiger partial charge < -0.3 is 9.64 Å². The van der Waals surface area contributed by atoms with Gasteiger partial charge in [0.1, 0.15) is 5.37 Å². The van der Waals surface area contributed by atoms with Gasteiger partial charge in [-0.05, 0) is 35.4 Å². The summed E-state index contributed by atoms with van der Waals surface area (Å²) in [4.78, 5) is 38.2. The first kappa shape index (κ1) is 24.5. The molecule has 1 aliphatic rings. The summed E-state index contributed by atoms with van der Waals surface area (Å²) in [7, 11) is 1.32. The number of nitrogens with zero attached hydrogens (tertiary/aromatic N) is 3. The molecule has 0 unspecified atom stereocenters. The minimum atomic E-state index is -0.361. The minimum Gasteiger partial charge on any atom is -0.468 e. The third-order valence-corrected chi connectivity index (χ3v) is 8.31. The van der Waals surface area contributed by atoms with Crippen LogP contribution in [0.3, 0.4) is 0 Å². The molecule has 2 amide bonds. The Labute approximate surface area is 213 Å². The molecular formula is C22H19ClN4O4S3. The van der Waals surface area contributed by atoms with E-state index in [1.54, 1.807) is 23.9 Å². The summed E-state index contributed by atoms with van der Waals surface area (Å²) < 4.78 is 5.15. The number of carbonyl (C=O) groups excluding carboxylic acids is 3. The smallest absolute Gasteiger partial charge is 0.316 e. The van der Waals surface area contributed by atoms with E-state index in [0.717, 1.165) is 11.1 Å². The van der Waals surface area contributed by atoms with Crippen LogP contribution in [0.1, 0.15) is 26.9 Å². The lowest BCUT2D eigenvalue weighted by Crippen LogP contribution is -2.27. The lowest BCUT2D eigenvalue weighted by Gasteiger charge is -2.24. The van der Waals surface area contributed by atoms with Crippen molar-refractivity contribution in [3.8, 4) is 0 Å². The van der Waals surface area contributed by atoms with Crippen molar-refractivity contribution in [2.24, 2.45) is 0 Å². The fraction of sp³-hybridized carbons (Fsp3) is 0.227. The van der Waals surface area contributed by atoms with Crippen LogP contribution in [-0.2, 0) is 20.9 Å². The number of aromatic nitrogens is 2. The fourth-order valence-corrected chi connectivity index (χ4v) is 6.05. The first-order valence-electron chi connectivity index (χ1n) is 10.0. The van der Waals surface area contributed by atoms with E-state index in [1.807, 2.05) is 41.3 Å². The van der Waals surface area contributed by atoms with Gasteiger partial charge in [-0.2, -0.15) is 0 Å². The topological polar surface area (TPSA) is 101 Å². The molecule has 0 spiro atoms. The third-order valence-electron chi connectivity index (χ3n) is 4.86. The molecule has 1 saturated heterocycles. The van der Waals surface area contributed by atoms with E-state index in [9.17, 15) is 14.4 Å². The van der Waals surface area contributed by atoms with E-state index >= 15 is 0 Å². The average Bonchev–Trinajstić information content (AvgIpc) is 3.45. The number of halogens is 1. The number of ether oxygens (including phenoxy) is 1. The van der Waals surface area contributed by atoms with Crippen molar-refractivity contribution in [3.05, 3.63) is 70.2 Å². The normalized spacial score (nSPS) is 15.4. The molecule has 8 nitrogen and oxygen atoms in total. The number of esters is 1. The van der Waals surface area contributed by atoms with Crippen LogP contribution in [0.2, 0.25) is 5.02 Å². The molecule has 0 bridgehead atoms. The average molecular weight is 535 g/mol. The molecule has 34 heavy (non-hydrogen) atoms. The Bertz CT molecular complexity index is 1190. The number of benzene rings is 2. The van der Waals surface area contributed by atoms with Gasteiger partial charge in [-0.1, -0.05) is 59.0 Å². The van der Waals surface area contributed by atoms with E-state index in [-0.39, 0.29) is 28.9 Å². The van der Waals surface area contributed by atoms with Crippen molar-refractivity contribution in [1.82, 2.24) is 15.1 Å². The second-order valence-electron chi connectivity index (χ2n) is 7.13. The summed E-state index contributed by atoms with van der Waals surface area (Å²) in [5.74, 6) is -0.0745. The molecule has 2 heterocycles. The van der Waals surface area contributed by atoms with E-state index < -0.39 is 0 Å². The number of amides is 2. The number of nitrogens with one attached hydrogen (secondary N) is 1. The highest BCUT2D eigenvalue weighted by Gasteiger charge is 2.32. The predicted octanol–water partition coefficient (Wildman–Crippen LogP) is 4.48. The van der Waals surface area contributed by atoms with Crippen LogP contribution in [0.5, 0.6) is 0 Å². The highest BCUT2D eigenvalue weighted by atomic mass is 35.5. The van der Waals surface area contributed by atoms with Crippen LogP contribution in [-0.4, -0.2) is 51.5 Å². The SMILES string of the molecule is COC(=O)CSc1nnc(NC(=O)c2ccc([C@H]3SCC(=O)N3Cc3ccc(Cl)cc3)cc2)s1. The van der Waals surface area contributed by atoms with Crippen LogP contribution in [0.4, 0.5) is 5.13 Å². The molecule has 2 aromatic carbocycles. The summed E-state index contributed by atoms with van der Waals surface area (Å²) in [6.07, 6.45) is 0. The van der Waals surface area contributed by atoms with Crippen molar-refractivity contribution in [1.29, 1.82) is 0 Å². The van der Waals surface area contributed by atoms with E-state index in [0.29, 0.717) is 32.4 Å². The van der Waals surface area contributed by atoms with Gasteiger partial charge >= 0.3 is 5.97 Å². The highest BCUT2D eigenvalue weighted by Crippen LogP contribution is 2.39. The molecule has 0 aliphatic carbocycles. The number of anilines is 1. The van der Waals surface area contributed by atoms with E-state index in [1.165, 1.54) is 30.2 Å². The lowest BCUT2D eigenvalue weighted by atomic mass is 10.1. The Balaban J connectivity index is 1.38. The molecule has 1 N–H and O–H groups in total. The zero-order valence-corrected chi connectivity index (χ0v) is 21.1. The summed E-state index contributed by atoms with van der Waals surface area (Å²) in [5.41, 5.74) is 2.41. The van der Waals surface area contributed by atoms with Crippen molar-refractivity contribution < 1.29 is 19.1 Å². The summed E-state index contributed by atoms with van der Waals surface area (Å²) in [5, 5.41) is 11.5. The Morgan fingerprint density at radius 1 is 1.18 bits per heavy atom. The van der Waals surface area contributed by atoms with Crippen molar-refractivity contribution in [3.63, 3.8) is 0 Å². The van der Waals surface area contributed by atoms with Gasteiger partial charge in [0, 0.05) is 17.1 Å². The molecule has 3 aromatic rings. The van der Waals surface area contributed by atoms with Gasteiger partial charge in [-0.25, -0.2) is 0 Å². The molecule has 1 fully saturated rings. The van der Waals surface area contributed by atoms with Gasteiger partial charge in [0.2, 0.25) is 11.0 Å². The molecule has 1 aliphatic heterocycles. The summed E-state index contributed by atoms with van der Waals surface area (Å²) in [6.45, 7) is 0.489. The maximum absolute atomic E-state index is 12.6. The second kappa shape index (κ2) is 11.2. The molecule has 12 heteroatoms.